The molecule has 1 atom stereocenters. The number of hydrogen-bond donors (Lipinski definition) is 4. The van der Waals surface area contributed by atoms with Gasteiger partial charge in [-0.15, -0.1) is 0 Å². The normalized spacial score (nSPS) is 12.0. The first kappa shape index (κ1) is 26.2. The second kappa shape index (κ2) is 12.3. The van der Waals surface area contributed by atoms with E-state index in [1.165, 1.54) is 6.07 Å². The third-order valence-corrected chi connectivity index (χ3v) is 5.00. The van der Waals surface area contributed by atoms with Gasteiger partial charge < -0.3 is 30.7 Å². The Balaban J connectivity index is 1.82. The van der Waals surface area contributed by atoms with Gasteiger partial charge in [0, 0.05) is 28.4 Å². The molecule has 9 nitrogen and oxygen atoms in total. The zero-order valence-corrected chi connectivity index (χ0v) is 19.5. The van der Waals surface area contributed by atoms with Crippen LogP contribution in [-0.4, -0.2) is 47.7 Å². The molecule has 0 radical (unpaired) electrons. The quantitative estimate of drug-likeness (QED) is 0.234. The molecule has 5 N–H and O–H groups in total. The minimum absolute atomic E-state index is 0.00365. The third-order valence-electron chi connectivity index (χ3n) is 5.00. The Bertz CT molecular complexity index is 1230. The summed E-state index contributed by atoms with van der Waals surface area (Å²) in [6.07, 6.45) is 0. The van der Waals surface area contributed by atoms with Gasteiger partial charge >= 0.3 is 5.97 Å². The second-order valence-corrected chi connectivity index (χ2v) is 7.49. The van der Waals surface area contributed by atoms with Crippen LogP contribution in [-0.2, 0) is 4.79 Å². The minimum Gasteiger partial charge on any atom is -0.490 e. The van der Waals surface area contributed by atoms with Crippen LogP contribution in [0, 0.1) is 5.82 Å². The predicted octanol–water partition coefficient (Wildman–Crippen LogP) is 3.38. The van der Waals surface area contributed by atoms with Crippen LogP contribution in [0.1, 0.15) is 34.5 Å². The molecule has 3 aromatic carbocycles. The molecule has 1 unspecified atom stereocenters. The highest BCUT2D eigenvalue weighted by Crippen LogP contribution is 2.34. The van der Waals surface area contributed by atoms with Crippen LogP contribution in [0.25, 0.3) is 0 Å². The maximum absolute atomic E-state index is 14.9. The SMILES string of the molecule is CCOc1cc(C(Nc2ccc(C(N)=NC(=O)c3ccccc3)cc2)C(=O)O)c(F)cc1OCCO. The maximum Gasteiger partial charge on any atom is 0.330 e. The average Bonchev–Trinajstić information content (AvgIpc) is 2.88. The summed E-state index contributed by atoms with van der Waals surface area (Å²) in [5.41, 5.74) is 7.01. The number of amidine groups is 1. The van der Waals surface area contributed by atoms with Crippen LogP contribution in [0.2, 0.25) is 0 Å². The summed E-state index contributed by atoms with van der Waals surface area (Å²) in [6, 6.07) is 15.5. The number of nitrogens with zero attached hydrogens (tertiary/aromatic N) is 1. The minimum atomic E-state index is -1.45. The molecule has 0 aliphatic carbocycles. The first-order valence-electron chi connectivity index (χ1n) is 11.1. The van der Waals surface area contributed by atoms with Gasteiger partial charge in [-0.2, -0.15) is 4.99 Å². The summed E-state index contributed by atoms with van der Waals surface area (Å²) < 4.78 is 25.6. The lowest BCUT2D eigenvalue weighted by Gasteiger charge is -2.20. The lowest BCUT2D eigenvalue weighted by atomic mass is 10.0. The Morgan fingerprint density at radius 3 is 2.31 bits per heavy atom. The molecule has 1 amide bonds. The smallest absolute Gasteiger partial charge is 0.330 e. The molecular weight excluding hydrogens is 469 g/mol. The number of carbonyl (C=O) groups is 2. The van der Waals surface area contributed by atoms with Crippen molar-refractivity contribution >= 4 is 23.4 Å². The van der Waals surface area contributed by atoms with Gasteiger partial charge in [0.05, 0.1) is 13.2 Å². The van der Waals surface area contributed by atoms with Crippen molar-refractivity contribution in [3.8, 4) is 11.5 Å². The predicted molar refractivity (Wildman–Crippen MR) is 132 cm³/mol. The number of halogens is 1. The highest BCUT2D eigenvalue weighted by atomic mass is 19.1. The number of nitrogens with one attached hydrogen (secondary N) is 1. The molecule has 0 saturated heterocycles. The summed E-state index contributed by atoms with van der Waals surface area (Å²) in [5, 5.41) is 21.5. The van der Waals surface area contributed by atoms with Gasteiger partial charge in [-0.3, -0.25) is 4.79 Å². The highest BCUT2D eigenvalue weighted by Gasteiger charge is 2.26. The van der Waals surface area contributed by atoms with Gasteiger partial charge in [-0.05, 0) is 49.4 Å². The summed E-state index contributed by atoms with van der Waals surface area (Å²) in [4.78, 5) is 28.2. The van der Waals surface area contributed by atoms with Gasteiger partial charge in [-0.1, -0.05) is 18.2 Å². The summed E-state index contributed by atoms with van der Waals surface area (Å²) in [7, 11) is 0. The Morgan fingerprint density at radius 1 is 1.03 bits per heavy atom. The fourth-order valence-electron chi connectivity index (χ4n) is 3.30. The monoisotopic (exact) mass is 495 g/mol. The Hall–Kier alpha value is -4.44. The van der Waals surface area contributed by atoms with Crippen molar-refractivity contribution in [2.45, 2.75) is 13.0 Å². The molecule has 0 aromatic heterocycles. The number of aliphatic hydroxyl groups excluding tert-OH is 1. The van der Waals surface area contributed by atoms with E-state index in [1.807, 2.05) is 0 Å². The lowest BCUT2D eigenvalue weighted by Crippen LogP contribution is -2.22. The van der Waals surface area contributed by atoms with Crippen molar-refractivity contribution in [1.29, 1.82) is 0 Å². The zero-order chi connectivity index (χ0) is 26.1. The number of rotatable bonds is 11. The average molecular weight is 496 g/mol. The van der Waals surface area contributed by atoms with E-state index >= 15 is 0 Å². The summed E-state index contributed by atoms with van der Waals surface area (Å²) >= 11 is 0. The van der Waals surface area contributed by atoms with E-state index in [4.69, 9.17) is 20.3 Å². The van der Waals surface area contributed by atoms with Crippen LogP contribution in [0.5, 0.6) is 11.5 Å². The number of aliphatic carboxylic acids is 1. The van der Waals surface area contributed by atoms with Crippen molar-refractivity contribution in [3.63, 3.8) is 0 Å². The third kappa shape index (κ3) is 6.57. The number of benzene rings is 3. The molecule has 36 heavy (non-hydrogen) atoms. The molecule has 3 rings (SSSR count). The van der Waals surface area contributed by atoms with Crippen LogP contribution < -0.4 is 20.5 Å². The standard InChI is InChI=1S/C26H26FN3O6/c1-2-35-21-14-19(20(27)15-22(21)36-13-12-31)23(26(33)34)29-18-10-8-16(9-11-18)24(28)30-25(32)17-6-4-3-5-7-17/h3-11,14-15,23,29,31H,2,12-13H2,1H3,(H,33,34)(H2,28,30,32). The van der Waals surface area contributed by atoms with Gasteiger partial charge in [0.15, 0.2) is 17.5 Å². The van der Waals surface area contributed by atoms with Crippen molar-refractivity contribution in [3.05, 3.63) is 89.2 Å². The second-order valence-electron chi connectivity index (χ2n) is 7.49. The van der Waals surface area contributed by atoms with E-state index in [-0.39, 0.29) is 42.7 Å². The maximum atomic E-state index is 14.9. The number of carboxylic acids is 1. The summed E-state index contributed by atoms with van der Waals surface area (Å²) in [6.45, 7) is 1.60. The number of anilines is 1. The van der Waals surface area contributed by atoms with Crippen LogP contribution in [0.3, 0.4) is 0 Å². The van der Waals surface area contributed by atoms with Crippen LogP contribution >= 0.6 is 0 Å². The first-order valence-corrected chi connectivity index (χ1v) is 11.1. The van der Waals surface area contributed by atoms with E-state index in [0.717, 1.165) is 6.07 Å². The molecule has 0 fully saturated rings. The fourth-order valence-corrected chi connectivity index (χ4v) is 3.30. The number of carbonyl (C=O) groups excluding carboxylic acids is 1. The first-order chi connectivity index (χ1) is 17.3. The number of aliphatic imine (C=N–C) groups is 1. The van der Waals surface area contributed by atoms with Crippen LogP contribution in [0.15, 0.2) is 71.7 Å². The summed E-state index contributed by atoms with van der Waals surface area (Å²) in [5.74, 6) is -2.43. The largest absolute Gasteiger partial charge is 0.490 e. The highest BCUT2D eigenvalue weighted by molar-refractivity contribution is 6.08. The van der Waals surface area contributed by atoms with Gasteiger partial charge in [0.25, 0.3) is 5.91 Å². The van der Waals surface area contributed by atoms with E-state index in [1.54, 1.807) is 61.5 Å². The number of nitrogens with two attached hydrogens (primary N) is 1. The van der Waals surface area contributed by atoms with Crippen molar-refractivity contribution in [2.75, 3.05) is 25.1 Å². The Kier molecular flexibility index (Phi) is 8.95. The number of amides is 1. The number of ether oxygens (including phenoxy) is 2. The van der Waals surface area contributed by atoms with Gasteiger partial charge in [0.2, 0.25) is 0 Å². The molecule has 0 spiro atoms. The Morgan fingerprint density at radius 2 is 1.69 bits per heavy atom. The van der Waals surface area contributed by atoms with Gasteiger partial charge in [0.1, 0.15) is 18.3 Å². The molecule has 0 saturated carbocycles. The molecule has 0 bridgehead atoms. The number of hydrogen-bond acceptors (Lipinski definition) is 6. The van der Waals surface area contributed by atoms with E-state index in [9.17, 15) is 19.1 Å². The molecule has 188 valence electrons. The molecule has 0 aliphatic rings. The van der Waals surface area contributed by atoms with Crippen molar-refractivity contribution in [1.82, 2.24) is 0 Å². The molecular formula is C26H26FN3O6. The zero-order valence-electron chi connectivity index (χ0n) is 19.5. The molecule has 0 heterocycles. The van der Waals surface area contributed by atoms with Gasteiger partial charge in [-0.25, -0.2) is 9.18 Å². The Labute approximate surface area is 207 Å². The molecule has 0 aliphatic heterocycles. The van der Waals surface area contributed by atoms with Crippen LogP contribution in [0.4, 0.5) is 10.1 Å². The van der Waals surface area contributed by atoms with Crippen molar-refractivity contribution < 1.29 is 33.7 Å². The number of carboxylic acid groups (broad SMARTS) is 1. The van der Waals surface area contributed by atoms with Crippen molar-refractivity contribution in [2.24, 2.45) is 10.7 Å². The van der Waals surface area contributed by atoms with E-state index in [2.05, 4.69) is 10.3 Å². The molecule has 10 heteroatoms. The fraction of sp³-hybridized carbons (Fsp3) is 0.192. The molecule has 3 aromatic rings. The topological polar surface area (TPSA) is 143 Å². The van der Waals surface area contributed by atoms with E-state index in [0.29, 0.717) is 16.8 Å². The number of aliphatic hydroxyl groups is 1. The lowest BCUT2D eigenvalue weighted by molar-refractivity contribution is -0.138. The van der Waals surface area contributed by atoms with E-state index < -0.39 is 23.7 Å².